The Morgan fingerprint density at radius 3 is 2.61 bits per heavy atom. The van der Waals surface area contributed by atoms with E-state index in [1.54, 1.807) is 6.26 Å². The maximum Gasteiger partial charge on any atom is 0.257 e. The van der Waals surface area contributed by atoms with Crippen molar-refractivity contribution in [1.82, 2.24) is 9.80 Å². The fourth-order valence-corrected chi connectivity index (χ4v) is 3.93. The first-order valence-electron chi connectivity index (χ1n) is 10.3. The second-order valence-electron chi connectivity index (χ2n) is 7.53. The van der Waals surface area contributed by atoms with E-state index >= 15 is 0 Å². The van der Waals surface area contributed by atoms with E-state index in [0.717, 1.165) is 69.9 Å². The summed E-state index contributed by atoms with van der Waals surface area (Å²) in [6, 6.07) is 11.5. The van der Waals surface area contributed by atoms with E-state index in [0.29, 0.717) is 5.56 Å². The molecule has 148 valence electrons. The highest BCUT2D eigenvalue weighted by Gasteiger charge is 2.25. The predicted molar refractivity (Wildman–Crippen MR) is 109 cm³/mol. The van der Waals surface area contributed by atoms with Gasteiger partial charge in [-0.15, -0.1) is 0 Å². The number of benzene rings is 1. The molecule has 3 heterocycles. The molecule has 2 aliphatic heterocycles. The summed E-state index contributed by atoms with van der Waals surface area (Å²) >= 11 is 0. The van der Waals surface area contributed by atoms with Crippen LogP contribution in [0, 0.1) is 0 Å². The number of furan rings is 1. The lowest BCUT2D eigenvalue weighted by Gasteiger charge is -2.32. The van der Waals surface area contributed by atoms with E-state index in [4.69, 9.17) is 9.15 Å². The molecule has 2 aliphatic rings. The Labute approximate surface area is 166 Å². The molecule has 0 aliphatic carbocycles. The zero-order chi connectivity index (χ0) is 19.2. The maximum absolute atomic E-state index is 12.8. The Balaban J connectivity index is 1.29. The van der Waals surface area contributed by atoms with Crippen molar-refractivity contribution in [2.45, 2.75) is 31.8 Å². The number of carbonyl (C=O) groups excluding carboxylic acids is 1. The van der Waals surface area contributed by atoms with Crippen LogP contribution in [0.15, 0.2) is 53.2 Å². The van der Waals surface area contributed by atoms with E-state index in [9.17, 15) is 4.79 Å². The van der Waals surface area contributed by atoms with Crippen LogP contribution in [0.3, 0.4) is 0 Å². The van der Waals surface area contributed by atoms with Crippen LogP contribution in [0.4, 0.5) is 0 Å². The molecule has 1 amide bonds. The van der Waals surface area contributed by atoms with Crippen LogP contribution in [0.1, 0.15) is 41.8 Å². The molecule has 0 atom stereocenters. The Hall–Kier alpha value is -2.53. The number of nitrogens with zero attached hydrogens (tertiary/aromatic N) is 2. The zero-order valence-electron chi connectivity index (χ0n) is 16.3. The fraction of sp³-hybridized carbons (Fsp3) is 0.435. The topological polar surface area (TPSA) is 45.9 Å². The average Bonchev–Trinajstić information content (AvgIpc) is 3.44. The van der Waals surface area contributed by atoms with Crippen molar-refractivity contribution in [3.05, 3.63) is 60.1 Å². The van der Waals surface area contributed by atoms with Gasteiger partial charge >= 0.3 is 0 Å². The van der Waals surface area contributed by atoms with E-state index in [-0.39, 0.29) is 12.0 Å². The Morgan fingerprint density at radius 1 is 1.07 bits per heavy atom. The second-order valence-corrected chi connectivity index (χ2v) is 7.53. The quantitative estimate of drug-likeness (QED) is 0.758. The van der Waals surface area contributed by atoms with Crippen LogP contribution in [-0.2, 0) is 0 Å². The first-order valence-corrected chi connectivity index (χ1v) is 10.3. The third-order valence-corrected chi connectivity index (χ3v) is 5.53. The summed E-state index contributed by atoms with van der Waals surface area (Å²) in [7, 11) is 0. The van der Waals surface area contributed by atoms with Gasteiger partial charge in [0.15, 0.2) is 0 Å². The predicted octanol–water partition coefficient (Wildman–Crippen LogP) is 4.07. The summed E-state index contributed by atoms with van der Waals surface area (Å²) in [5.74, 6) is 1.72. The minimum Gasteiger partial charge on any atom is -0.489 e. The average molecular weight is 380 g/mol. The lowest BCUT2D eigenvalue weighted by molar-refractivity contribution is 0.0772. The highest BCUT2D eigenvalue weighted by atomic mass is 16.5. The molecule has 5 nitrogen and oxygen atoms in total. The summed E-state index contributed by atoms with van der Waals surface area (Å²) in [4.78, 5) is 17.2. The molecular weight excluding hydrogens is 352 g/mol. The highest BCUT2D eigenvalue weighted by Crippen LogP contribution is 2.25. The molecule has 0 radical (unpaired) electrons. The first kappa shape index (κ1) is 18.8. The van der Waals surface area contributed by atoms with Crippen LogP contribution in [0.2, 0.25) is 0 Å². The molecule has 2 saturated heterocycles. The van der Waals surface area contributed by atoms with Crippen LogP contribution in [-0.4, -0.2) is 54.5 Å². The number of para-hydroxylation sites is 1. The molecule has 2 aromatic rings. The molecule has 5 heteroatoms. The highest BCUT2D eigenvalue weighted by molar-refractivity contribution is 5.97. The maximum atomic E-state index is 12.8. The van der Waals surface area contributed by atoms with Crippen molar-refractivity contribution in [2.24, 2.45) is 0 Å². The van der Waals surface area contributed by atoms with Crippen LogP contribution >= 0.6 is 0 Å². The smallest absolute Gasteiger partial charge is 0.257 e. The summed E-state index contributed by atoms with van der Waals surface area (Å²) in [5, 5.41) is 0. The van der Waals surface area contributed by atoms with Gasteiger partial charge in [0, 0.05) is 32.7 Å². The minimum atomic E-state index is 0.105. The molecule has 1 aromatic heterocycles. The van der Waals surface area contributed by atoms with E-state index in [1.165, 1.54) is 0 Å². The van der Waals surface area contributed by atoms with Crippen molar-refractivity contribution in [3.63, 3.8) is 0 Å². The van der Waals surface area contributed by atoms with Crippen molar-refractivity contribution < 1.29 is 13.9 Å². The van der Waals surface area contributed by atoms with Crippen molar-refractivity contribution in [2.75, 3.05) is 32.7 Å². The Kier molecular flexibility index (Phi) is 6.12. The Morgan fingerprint density at radius 2 is 1.86 bits per heavy atom. The van der Waals surface area contributed by atoms with Gasteiger partial charge in [-0.25, -0.2) is 0 Å². The van der Waals surface area contributed by atoms with E-state index in [1.807, 2.05) is 47.4 Å². The summed E-state index contributed by atoms with van der Waals surface area (Å²) < 4.78 is 11.6. The second kappa shape index (κ2) is 9.11. The third kappa shape index (κ3) is 4.65. The normalized spacial score (nSPS) is 18.8. The number of hydrogen-bond acceptors (Lipinski definition) is 4. The minimum absolute atomic E-state index is 0.105. The molecule has 0 spiro atoms. The van der Waals surface area contributed by atoms with Gasteiger partial charge in [-0.05, 0) is 56.0 Å². The number of piperidine rings is 1. The summed E-state index contributed by atoms with van der Waals surface area (Å²) in [6.45, 7) is 4.62. The van der Waals surface area contributed by atoms with Gasteiger partial charge in [0.05, 0.1) is 11.8 Å². The molecule has 0 unspecified atom stereocenters. The third-order valence-electron chi connectivity index (χ3n) is 5.53. The van der Waals surface area contributed by atoms with Gasteiger partial charge in [0.25, 0.3) is 5.91 Å². The molecule has 2 fully saturated rings. The number of carbonyl (C=O) groups is 1. The van der Waals surface area contributed by atoms with Gasteiger partial charge in [-0.2, -0.15) is 0 Å². The first-order chi connectivity index (χ1) is 13.8. The van der Waals surface area contributed by atoms with E-state index in [2.05, 4.69) is 11.0 Å². The standard InChI is InChI=1S/C23H28N2O3/c26-23(25-14-3-4-15-25)21-9-1-2-10-22(21)28-20-11-16-24(17-12-20)13-5-7-19-8-6-18-27-19/h1-2,5-10,18,20H,3-4,11-17H2/b7-5+. The van der Waals surface area contributed by atoms with Crippen molar-refractivity contribution in [1.29, 1.82) is 0 Å². The monoisotopic (exact) mass is 380 g/mol. The summed E-state index contributed by atoms with van der Waals surface area (Å²) in [5.41, 5.74) is 0.702. The van der Waals surface area contributed by atoms with Gasteiger partial charge in [0.2, 0.25) is 0 Å². The summed E-state index contributed by atoms with van der Waals surface area (Å²) in [6.07, 6.45) is 10.2. The van der Waals surface area contributed by atoms with Gasteiger partial charge in [0.1, 0.15) is 17.6 Å². The zero-order valence-corrected chi connectivity index (χ0v) is 16.3. The van der Waals surface area contributed by atoms with Gasteiger partial charge < -0.3 is 14.1 Å². The number of likely N-dealkylation sites (tertiary alicyclic amines) is 2. The lowest BCUT2D eigenvalue weighted by Crippen LogP contribution is -2.38. The molecular formula is C23H28N2O3. The Bertz CT molecular complexity index is 786. The lowest BCUT2D eigenvalue weighted by atomic mass is 10.1. The molecule has 4 rings (SSSR count). The number of rotatable bonds is 6. The van der Waals surface area contributed by atoms with Crippen LogP contribution < -0.4 is 4.74 Å². The van der Waals surface area contributed by atoms with Gasteiger partial charge in [-0.3, -0.25) is 9.69 Å². The molecule has 0 N–H and O–H groups in total. The molecule has 28 heavy (non-hydrogen) atoms. The van der Waals surface area contributed by atoms with Crippen LogP contribution in [0.25, 0.3) is 6.08 Å². The number of ether oxygens (including phenoxy) is 1. The molecule has 0 bridgehead atoms. The number of amides is 1. The fourth-order valence-electron chi connectivity index (χ4n) is 3.93. The molecule has 0 saturated carbocycles. The van der Waals surface area contributed by atoms with Crippen molar-refractivity contribution >= 4 is 12.0 Å². The van der Waals surface area contributed by atoms with Gasteiger partial charge in [-0.1, -0.05) is 18.2 Å². The van der Waals surface area contributed by atoms with Crippen molar-refractivity contribution in [3.8, 4) is 5.75 Å². The number of hydrogen-bond donors (Lipinski definition) is 0. The SMILES string of the molecule is O=C(c1ccccc1OC1CCN(C/C=C/c2ccco2)CC1)N1CCCC1. The largest absolute Gasteiger partial charge is 0.489 e. The van der Waals surface area contributed by atoms with Crippen LogP contribution in [0.5, 0.6) is 5.75 Å². The van der Waals surface area contributed by atoms with E-state index < -0.39 is 0 Å². The molecule has 1 aromatic carbocycles.